The minimum atomic E-state index is -5.05. The van der Waals surface area contributed by atoms with Crippen LogP contribution < -0.4 is 0 Å². The van der Waals surface area contributed by atoms with Gasteiger partial charge in [0.25, 0.3) is 0 Å². The fourth-order valence-electron chi connectivity index (χ4n) is 6.91. The number of carbonyl (C=O) groups is 1. The van der Waals surface area contributed by atoms with Crippen molar-refractivity contribution < 1.29 is 55.1 Å². The van der Waals surface area contributed by atoms with Gasteiger partial charge in [-0.05, 0) is 75.0 Å². The van der Waals surface area contributed by atoms with Crippen LogP contribution in [0.15, 0.2) is 18.2 Å². The van der Waals surface area contributed by atoms with E-state index in [0.717, 1.165) is 19.3 Å². The molecule has 1 aliphatic carbocycles. The first-order chi connectivity index (χ1) is 18.1. The van der Waals surface area contributed by atoms with E-state index in [-0.39, 0.29) is 36.5 Å². The summed E-state index contributed by atoms with van der Waals surface area (Å²) in [6.45, 7) is 5.92. The van der Waals surface area contributed by atoms with Crippen LogP contribution in [0.5, 0.6) is 0 Å². The highest BCUT2D eigenvalue weighted by molar-refractivity contribution is 5.90. The van der Waals surface area contributed by atoms with Gasteiger partial charge in [0.05, 0.1) is 29.4 Å². The number of hydrogen-bond donors (Lipinski definition) is 0. The van der Waals surface area contributed by atoms with Crippen LogP contribution in [-0.2, 0) is 36.3 Å². The third kappa shape index (κ3) is 5.17. The van der Waals surface area contributed by atoms with Crippen molar-refractivity contribution in [3.63, 3.8) is 0 Å². The fourth-order valence-corrected chi connectivity index (χ4v) is 6.91. The van der Waals surface area contributed by atoms with Crippen molar-refractivity contribution in [3.05, 3.63) is 34.9 Å². The average molecular weight is 567 g/mol. The van der Waals surface area contributed by atoms with Gasteiger partial charge in [0, 0.05) is 12.3 Å². The van der Waals surface area contributed by atoms with Crippen molar-refractivity contribution >= 4 is 5.97 Å². The second kappa shape index (κ2) is 9.88. The van der Waals surface area contributed by atoms with Crippen molar-refractivity contribution in [1.29, 1.82) is 0 Å². The molecular weight excluding hydrogens is 534 g/mol. The van der Waals surface area contributed by atoms with Crippen LogP contribution >= 0.6 is 0 Å². The van der Waals surface area contributed by atoms with Crippen molar-refractivity contribution in [1.82, 2.24) is 0 Å². The summed E-state index contributed by atoms with van der Waals surface area (Å²) in [5.41, 5.74) is -4.66. The Kier molecular flexibility index (Phi) is 7.26. The van der Waals surface area contributed by atoms with Crippen LogP contribution in [0.3, 0.4) is 0 Å². The highest BCUT2D eigenvalue weighted by Crippen LogP contribution is 2.60. The number of alkyl halides is 6. The second-order valence-electron chi connectivity index (χ2n) is 11.5. The molecule has 4 aliphatic heterocycles. The molecule has 0 amide bonds. The van der Waals surface area contributed by atoms with E-state index in [9.17, 15) is 31.1 Å². The lowest BCUT2D eigenvalue weighted by molar-refractivity contribution is -0.571. The molecular formula is C27H32F6O6. The lowest BCUT2D eigenvalue weighted by Gasteiger charge is -2.60. The summed E-state index contributed by atoms with van der Waals surface area (Å²) >= 11 is 0. The zero-order chi connectivity index (χ0) is 28.4. The molecule has 6 rings (SSSR count). The summed E-state index contributed by atoms with van der Waals surface area (Å²) in [4.78, 5) is 24.3. The Morgan fingerprint density at radius 1 is 0.974 bits per heavy atom. The monoisotopic (exact) mass is 566 g/mol. The molecule has 1 aromatic carbocycles. The lowest BCUT2D eigenvalue weighted by Crippen LogP contribution is -2.70. The second-order valence-corrected chi connectivity index (χ2v) is 11.5. The molecule has 0 N–H and O–H groups in total. The number of ether oxygens (including phenoxy) is 3. The number of halogens is 6. The first-order valence-electron chi connectivity index (χ1n) is 13.3. The summed E-state index contributed by atoms with van der Waals surface area (Å²) in [6, 6.07) is 0.704. The van der Waals surface area contributed by atoms with Gasteiger partial charge in [-0.15, -0.1) is 0 Å². The first kappa shape index (κ1) is 28.6. The summed E-state index contributed by atoms with van der Waals surface area (Å²) < 4.78 is 96.5. The van der Waals surface area contributed by atoms with Gasteiger partial charge in [-0.3, -0.25) is 0 Å². The van der Waals surface area contributed by atoms with E-state index in [1.165, 1.54) is 0 Å². The molecule has 218 valence electrons. The minimum absolute atomic E-state index is 0.0284. The standard InChI is InChI=1S/C27H32F6O6/c1-14-6-7-20-15(2)21(36-23-25(20)19(14)8-9-24(3,37-23)38-39-25)5-4-10-35-22(34)16-11-17(26(28,29)30)13-18(12-16)27(31,32)33/h11-15,19-21,23H,4-10H2,1-3H3/t14-,15?,19+,20+,21-,23?,24?,25-/m1/s1. The molecule has 4 saturated heterocycles. The summed E-state index contributed by atoms with van der Waals surface area (Å²) in [6.07, 6.45) is -6.74. The molecule has 0 radical (unpaired) electrons. The summed E-state index contributed by atoms with van der Waals surface area (Å²) in [7, 11) is 0. The van der Waals surface area contributed by atoms with Crippen molar-refractivity contribution in [2.24, 2.45) is 23.7 Å². The third-order valence-corrected chi connectivity index (χ3v) is 8.98. The summed E-state index contributed by atoms with van der Waals surface area (Å²) in [5.74, 6) is -1.38. The molecule has 8 atom stereocenters. The molecule has 1 spiro atoms. The van der Waals surface area contributed by atoms with Crippen LogP contribution in [0.1, 0.15) is 80.8 Å². The van der Waals surface area contributed by atoms with E-state index in [1.807, 2.05) is 6.92 Å². The molecule has 1 saturated carbocycles. The Bertz CT molecular complexity index is 1060. The molecule has 4 heterocycles. The van der Waals surface area contributed by atoms with E-state index < -0.39 is 52.7 Å². The molecule has 5 aliphatic rings. The van der Waals surface area contributed by atoms with E-state index in [1.54, 1.807) is 0 Å². The highest BCUT2D eigenvalue weighted by Gasteiger charge is 2.69. The lowest BCUT2D eigenvalue weighted by atomic mass is 9.57. The van der Waals surface area contributed by atoms with Crippen molar-refractivity contribution in [2.45, 2.75) is 95.4 Å². The predicted octanol–water partition coefficient (Wildman–Crippen LogP) is 6.91. The van der Waals surface area contributed by atoms with E-state index in [4.69, 9.17) is 24.0 Å². The fraction of sp³-hybridized carbons (Fsp3) is 0.741. The van der Waals surface area contributed by atoms with Crippen LogP contribution in [0, 0.1) is 23.7 Å². The molecule has 3 unspecified atom stereocenters. The van der Waals surface area contributed by atoms with Gasteiger partial charge in [0.15, 0.2) is 11.9 Å². The van der Waals surface area contributed by atoms with Gasteiger partial charge in [-0.2, -0.15) is 26.3 Å². The smallest absolute Gasteiger partial charge is 0.416 e. The number of hydrogen-bond acceptors (Lipinski definition) is 6. The maximum Gasteiger partial charge on any atom is 0.416 e. The van der Waals surface area contributed by atoms with E-state index in [2.05, 4.69) is 13.8 Å². The largest absolute Gasteiger partial charge is 0.462 e. The maximum atomic E-state index is 13.1. The molecule has 2 bridgehead atoms. The Morgan fingerprint density at radius 3 is 2.28 bits per heavy atom. The van der Waals surface area contributed by atoms with E-state index in [0.29, 0.717) is 37.3 Å². The number of fused-ring (bicyclic) bond motifs is 2. The molecule has 12 heteroatoms. The number of carbonyl (C=O) groups excluding carboxylic acids is 1. The number of rotatable bonds is 5. The van der Waals surface area contributed by atoms with E-state index >= 15 is 0 Å². The third-order valence-electron chi connectivity index (χ3n) is 8.98. The SMILES string of the molecule is CC1[C@@H](CCCOC(=O)c2cc(C(F)(F)F)cc(C(F)(F)F)c2)OC2OC3(C)CC[C@H]4[C@H](C)CC[C@@H]1[C@@]24OO3. The normalized spacial score (nSPS) is 38.2. The van der Waals surface area contributed by atoms with Gasteiger partial charge >= 0.3 is 18.3 Å². The molecule has 6 nitrogen and oxygen atoms in total. The average Bonchev–Trinajstić information content (AvgIpc) is 3.09. The van der Waals surface area contributed by atoms with Crippen molar-refractivity contribution in [2.75, 3.05) is 6.61 Å². The van der Waals surface area contributed by atoms with Gasteiger partial charge < -0.3 is 14.2 Å². The van der Waals surface area contributed by atoms with Gasteiger partial charge in [0.1, 0.15) is 0 Å². The maximum absolute atomic E-state index is 13.1. The Hall–Kier alpha value is -1.89. The highest BCUT2D eigenvalue weighted by atomic mass is 19.4. The minimum Gasteiger partial charge on any atom is -0.462 e. The van der Waals surface area contributed by atoms with Crippen LogP contribution in [-0.4, -0.2) is 36.4 Å². The van der Waals surface area contributed by atoms with Crippen LogP contribution in [0.4, 0.5) is 26.3 Å². The topological polar surface area (TPSA) is 63.2 Å². The van der Waals surface area contributed by atoms with Crippen molar-refractivity contribution in [3.8, 4) is 0 Å². The summed E-state index contributed by atoms with van der Waals surface area (Å²) in [5, 5.41) is 0. The molecule has 39 heavy (non-hydrogen) atoms. The van der Waals surface area contributed by atoms with Crippen LogP contribution in [0.25, 0.3) is 0 Å². The van der Waals surface area contributed by atoms with Gasteiger partial charge in [-0.25, -0.2) is 14.6 Å². The number of benzene rings is 1. The van der Waals surface area contributed by atoms with Crippen LogP contribution in [0.2, 0.25) is 0 Å². The molecule has 5 fully saturated rings. The molecule has 0 aromatic heterocycles. The zero-order valence-electron chi connectivity index (χ0n) is 21.9. The zero-order valence-corrected chi connectivity index (χ0v) is 21.9. The molecule has 1 aromatic rings. The Labute approximate surface area is 222 Å². The predicted molar refractivity (Wildman–Crippen MR) is 123 cm³/mol. The Balaban J connectivity index is 1.24. The van der Waals surface area contributed by atoms with Gasteiger partial charge in [-0.1, -0.05) is 13.8 Å². The quantitative estimate of drug-likeness (QED) is 0.167. The first-order valence-corrected chi connectivity index (χ1v) is 13.3. The number of esters is 1. The Morgan fingerprint density at radius 2 is 1.64 bits per heavy atom. The van der Waals surface area contributed by atoms with Gasteiger partial charge in [0.2, 0.25) is 5.79 Å².